The van der Waals surface area contributed by atoms with Crippen LogP contribution in [0.4, 0.5) is 0 Å². The van der Waals surface area contributed by atoms with Crippen LogP contribution < -0.4 is 25.7 Å². The molecule has 1 fully saturated rings. The van der Waals surface area contributed by atoms with E-state index >= 15 is 0 Å². The predicted molar refractivity (Wildman–Crippen MR) is 196 cm³/mol. The first-order valence-electron chi connectivity index (χ1n) is 17.2. The molecule has 11 heteroatoms. The van der Waals surface area contributed by atoms with Crippen molar-refractivity contribution in [2.75, 3.05) is 13.7 Å². The molecule has 3 atom stereocenters. The summed E-state index contributed by atoms with van der Waals surface area (Å²) in [6.45, 7) is 16.3. The van der Waals surface area contributed by atoms with Crippen LogP contribution in [0.5, 0.6) is 0 Å². The summed E-state index contributed by atoms with van der Waals surface area (Å²) in [6, 6.07) is 0. The van der Waals surface area contributed by atoms with Gasteiger partial charge in [0.05, 0.1) is 13.7 Å². The molecular weight excluding hydrogens is 657 g/mol. The molecule has 0 amide bonds. The van der Waals surface area contributed by atoms with E-state index in [-0.39, 0.29) is 47.3 Å². The molecule has 3 aromatic rings. The van der Waals surface area contributed by atoms with Crippen LogP contribution in [0.2, 0.25) is 0 Å². The van der Waals surface area contributed by atoms with Crippen molar-refractivity contribution in [3.05, 3.63) is 90.1 Å². The second-order valence-electron chi connectivity index (χ2n) is 13.6. The number of aldehydes is 1. The van der Waals surface area contributed by atoms with Gasteiger partial charge in [-0.25, -0.2) is 0 Å². The zero-order valence-electron chi connectivity index (χ0n) is 30.4. The molecule has 8 bridgehead atoms. The van der Waals surface area contributed by atoms with Gasteiger partial charge in [0.25, 0.3) is 0 Å². The number of rotatable bonds is 10. The van der Waals surface area contributed by atoms with Gasteiger partial charge in [-0.1, -0.05) is 80.8 Å². The van der Waals surface area contributed by atoms with Gasteiger partial charge >= 0.3 is 35.0 Å². The third-order valence-corrected chi connectivity index (χ3v) is 10.2. The van der Waals surface area contributed by atoms with E-state index in [1.807, 2.05) is 26.8 Å². The van der Waals surface area contributed by atoms with Gasteiger partial charge in [0.2, 0.25) is 0 Å². The molecule has 0 radical (unpaired) electrons. The standard InChI is InChI=1S/C40H43N4O6.Mg/c1-9-23-20(5)27-15-28-21(6)25(11-12-33(46)50-14-13-19(3)4)37(43-28)35-36(40(48)49-8)39(47)34-22(7)29(44-38(34)35)16-31-24(10-2)26(18-45)32(42-31)17-30(23)41-27;/h9,15-19,21,25,36H,1,10-14H2,2-8H3,(H-,43,44,45,47);/q-3;+2/p-1/b28-15-,32-17-;/t21-,25-,36+;/m0./s1. The largest absolute Gasteiger partial charge is 2.00 e. The Balaban J connectivity index is 0.00000504. The topological polar surface area (TPSA) is 143 Å². The van der Waals surface area contributed by atoms with Gasteiger partial charge in [-0.15, -0.1) is 33.5 Å². The van der Waals surface area contributed by atoms with Crippen molar-refractivity contribution in [2.45, 2.75) is 67.2 Å². The van der Waals surface area contributed by atoms with Crippen molar-refractivity contribution in [2.24, 2.45) is 23.7 Å². The molecule has 0 aromatic carbocycles. The zero-order valence-corrected chi connectivity index (χ0v) is 31.8. The number of carbonyl (C=O) groups is 4. The summed E-state index contributed by atoms with van der Waals surface area (Å²) in [5, 5.41) is 6.18. The minimum absolute atomic E-state index is 0. The summed E-state index contributed by atoms with van der Waals surface area (Å²) >= 11 is 0. The molecule has 0 saturated carbocycles. The summed E-state index contributed by atoms with van der Waals surface area (Å²) in [4.78, 5) is 67.7. The molecule has 0 spiro atoms. The Morgan fingerprint density at radius 3 is 2.35 bits per heavy atom. The van der Waals surface area contributed by atoms with Gasteiger partial charge in [0.1, 0.15) is 12.2 Å². The Bertz CT molecular complexity index is 2120. The molecule has 5 heterocycles. The van der Waals surface area contributed by atoms with Crippen LogP contribution in [0, 0.1) is 37.5 Å². The van der Waals surface area contributed by atoms with E-state index in [0.717, 1.165) is 29.4 Å². The smallest absolute Gasteiger partial charge is 0.664 e. The Hall–Kier alpha value is -4.35. The maximum Gasteiger partial charge on any atom is 2.00 e. The second kappa shape index (κ2) is 15.1. The van der Waals surface area contributed by atoms with Crippen LogP contribution in [-0.4, -0.2) is 60.8 Å². The number of methoxy groups -OCH3 is 1. The number of ketones is 1. The predicted octanol–water partition coefficient (Wildman–Crippen LogP) is 4.53. The number of nitrogens with zero attached hydrogens (tertiary/aromatic N) is 4. The average Bonchev–Trinajstić information content (AvgIpc) is 3.83. The van der Waals surface area contributed by atoms with Gasteiger partial charge < -0.3 is 29.7 Å². The van der Waals surface area contributed by atoms with E-state index in [9.17, 15) is 19.2 Å². The van der Waals surface area contributed by atoms with Crippen LogP contribution in [0.25, 0.3) is 35.2 Å². The van der Waals surface area contributed by atoms with E-state index < -0.39 is 17.7 Å². The number of allylic oxidation sites excluding steroid dienone is 2. The zero-order chi connectivity index (χ0) is 36.0. The first-order valence-corrected chi connectivity index (χ1v) is 17.2. The summed E-state index contributed by atoms with van der Waals surface area (Å²) in [5.74, 6) is -2.80. The molecule has 51 heavy (non-hydrogen) atoms. The molecular formula is C40H42MgN4O6-2. The number of fused-ring (bicyclic) bond motifs is 7. The first-order chi connectivity index (χ1) is 23.9. The van der Waals surface area contributed by atoms with Crippen molar-refractivity contribution in [1.29, 1.82) is 0 Å². The fraction of sp³-hybridized carbons (Fsp3) is 0.400. The van der Waals surface area contributed by atoms with Gasteiger partial charge in [0.15, 0.2) is 5.78 Å². The Morgan fingerprint density at radius 2 is 1.71 bits per heavy atom. The summed E-state index contributed by atoms with van der Waals surface area (Å²) in [6.07, 6.45) is 9.89. The number of hydrogen-bond acceptors (Lipinski definition) is 6. The minimum Gasteiger partial charge on any atom is -0.664 e. The molecule has 1 aliphatic carbocycles. The number of hydrogen-bond donors (Lipinski definition) is 0. The fourth-order valence-electron chi connectivity index (χ4n) is 7.35. The SMILES string of the molecule is C=Cc1c2[n-]c(c1C)/C=C1\[N-]/C(=C3\c4[n-]c(c(C)c4C(=O)[C@@H]3C(=O)OC)/C=c3\[n-]/c(c(C=O)c3CC)=C\2)[C@@H](CCC(=O)OCCC(C)C)[C@@H]1C.[Mg+2]. The van der Waals surface area contributed by atoms with Gasteiger partial charge in [-0.3, -0.25) is 19.2 Å². The van der Waals surface area contributed by atoms with Crippen LogP contribution in [-0.2, 0) is 25.5 Å². The molecule has 3 aromatic heterocycles. The number of ether oxygens (including phenoxy) is 2. The van der Waals surface area contributed by atoms with E-state index in [2.05, 4.69) is 20.4 Å². The number of Topliss-reactive ketones (excluding diaryl/α,β-unsaturated/α-hetero) is 1. The van der Waals surface area contributed by atoms with Crippen LogP contribution in [0.15, 0.2) is 18.0 Å². The first kappa shape index (κ1) is 37.9. The summed E-state index contributed by atoms with van der Waals surface area (Å²) in [5.41, 5.74) is 7.64. The van der Waals surface area contributed by atoms with Gasteiger partial charge in [0, 0.05) is 17.5 Å². The summed E-state index contributed by atoms with van der Waals surface area (Å²) in [7, 11) is 1.26. The van der Waals surface area contributed by atoms with E-state index in [1.165, 1.54) is 7.11 Å². The maximum absolute atomic E-state index is 14.2. The van der Waals surface area contributed by atoms with E-state index in [0.29, 0.717) is 92.5 Å². The van der Waals surface area contributed by atoms with Crippen molar-refractivity contribution < 1.29 is 28.7 Å². The van der Waals surface area contributed by atoms with Gasteiger partial charge in [-0.05, 0) is 56.4 Å². The molecule has 262 valence electrons. The van der Waals surface area contributed by atoms with Crippen molar-refractivity contribution >= 4 is 76.9 Å². The molecule has 2 aliphatic heterocycles. The third kappa shape index (κ3) is 6.62. The normalized spacial score (nSPS) is 22.5. The molecule has 6 rings (SSSR count). The average molecular weight is 699 g/mol. The molecule has 0 unspecified atom stereocenters. The monoisotopic (exact) mass is 698 g/mol. The molecule has 0 N–H and O–H groups in total. The maximum atomic E-state index is 14.2. The summed E-state index contributed by atoms with van der Waals surface area (Å²) < 4.78 is 10.7. The Morgan fingerprint density at radius 1 is 1.00 bits per heavy atom. The van der Waals surface area contributed by atoms with Crippen LogP contribution in [0.1, 0.15) is 113 Å². The Labute approximate surface area is 314 Å². The molecule has 1 saturated heterocycles. The van der Waals surface area contributed by atoms with Crippen molar-refractivity contribution in [3.8, 4) is 0 Å². The molecule has 3 aliphatic rings. The fourth-order valence-corrected chi connectivity index (χ4v) is 7.35. The van der Waals surface area contributed by atoms with Crippen LogP contribution >= 0.6 is 0 Å². The quantitative estimate of drug-likeness (QED) is 0.129. The van der Waals surface area contributed by atoms with Gasteiger partial charge in [-0.2, -0.15) is 11.4 Å². The molecule has 10 nitrogen and oxygen atoms in total. The van der Waals surface area contributed by atoms with E-state index in [4.69, 9.17) is 29.7 Å². The number of aromatic nitrogens is 3. The van der Waals surface area contributed by atoms with Crippen molar-refractivity contribution in [3.63, 3.8) is 0 Å². The number of esters is 2. The van der Waals surface area contributed by atoms with E-state index in [1.54, 1.807) is 25.2 Å². The number of carbonyl (C=O) groups excluding carboxylic acids is 4. The van der Waals surface area contributed by atoms with Crippen molar-refractivity contribution in [1.82, 2.24) is 15.0 Å². The third-order valence-electron chi connectivity index (χ3n) is 10.2. The second-order valence-corrected chi connectivity index (χ2v) is 13.6. The Kier molecular flexibility index (Phi) is 11.2. The minimum atomic E-state index is -1.25. The van der Waals surface area contributed by atoms with Crippen LogP contribution in [0.3, 0.4) is 0 Å².